The van der Waals surface area contributed by atoms with Crippen molar-refractivity contribution in [1.29, 1.82) is 0 Å². The molecule has 1 N–H and O–H groups in total. The molecule has 0 saturated heterocycles. The van der Waals surface area contributed by atoms with E-state index in [9.17, 15) is 4.79 Å². The zero-order valence-corrected chi connectivity index (χ0v) is 8.64. The first-order chi connectivity index (χ1) is 6.33. The zero-order valence-electron chi connectivity index (χ0n) is 8.64. The van der Waals surface area contributed by atoms with E-state index in [0.717, 1.165) is 0 Å². The predicted octanol–water partition coefficient (Wildman–Crippen LogP) is 2.63. The van der Waals surface area contributed by atoms with Gasteiger partial charge in [-0.15, -0.1) is 0 Å². The molecule has 0 unspecified atom stereocenters. The minimum absolute atomic E-state index is 0.213. The van der Waals surface area contributed by atoms with Gasteiger partial charge in [-0.3, -0.25) is 4.79 Å². The van der Waals surface area contributed by atoms with E-state index in [2.05, 4.69) is 5.32 Å². The smallest absolute Gasteiger partial charge is 0.219 e. The summed E-state index contributed by atoms with van der Waals surface area (Å²) in [6.07, 6.45) is 9.64. The molecule has 0 bridgehead atoms. The van der Waals surface area contributed by atoms with E-state index >= 15 is 0 Å². The Hall–Kier alpha value is -0.530. The molecule has 1 amide bonds. The van der Waals surface area contributed by atoms with E-state index in [1.807, 2.05) is 6.92 Å². The fourth-order valence-corrected chi connectivity index (χ4v) is 1.93. The molecule has 1 aliphatic rings. The third-order valence-electron chi connectivity index (χ3n) is 2.79. The van der Waals surface area contributed by atoms with Crippen LogP contribution < -0.4 is 5.32 Å². The summed E-state index contributed by atoms with van der Waals surface area (Å²) in [7, 11) is 0. The molecule has 2 heteroatoms. The van der Waals surface area contributed by atoms with Crippen molar-refractivity contribution in [1.82, 2.24) is 5.32 Å². The van der Waals surface area contributed by atoms with Gasteiger partial charge in [0.25, 0.3) is 0 Å². The maximum Gasteiger partial charge on any atom is 0.219 e. The Morgan fingerprint density at radius 1 is 1.15 bits per heavy atom. The summed E-state index contributed by atoms with van der Waals surface area (Å²) in [5, 5.41) is 3.10. The largest absolute Gasteiger partial charge is 0.353 e. The fourth-order valence-electron chi connectivity index (χ4n) is 1.93. The fraction of sp³-hybridized carbons (Fsp3) is 0.909. The molecule has 0 atom stereocenters. The van der Waals surface area contributed by atoms with Crippen LogP contribution in [0.5, 0.6) is 0 Å². The Labute approximate surface area is 81.1 Å². The van der Waals surface area contributed by atoms with Gasteiger partial charge in [0.2, 0.25) is 5.91 Å². The van der Waals surface area contributed by atoms with Crippen LogP contribution in [0.15, 0.2) is 0 Å². The molecule has 0 aliphatic heterocycles. The van der Waals surface area contributed by atoms with Gasteiger partial charge in [0, 0.05) is 12.5 Å². The van der Waals surface area contributed by atoms with Crippen molar-refractivity contribution < 1.29 is 4.79 Å². The van der Waals surface area contributed by atoms with Gasteiger partial charge < -0.3 is 5.32 Å². The first-order valence-corrected chi connectivity index (χ1v) is 5.62. The third-order valence-corrected chi connectivity index (χ3v) is 2.79. The number of carbonyl (C=O) groups is 1. The average Bonchev–Trinajstić information content (AvgIpc) is 2.09. The highest BCUT2D eigenvalue weighted by Gasteiger charge is 2.12. The number of rotatable bonds is 2. The molecular formula is C11H21NO. The molecule has 0 aromatic rings. The van der Waals surface area contributed by atoms with E-state index in [0.29, 0.717) is 12.5 Å². The highest BCUT2D eigenvalue weighted by molar-refractivity contribution is 5.75. The highest BCUT2D eigenvalue weighted by atomic mass is 16.1. The summed E-state index contributed by atoms with van der Waals surface area (Å²) in [4.78, 5) is 11.2. The van der Waals surface area contributed by atoms with E-state index in [-0.39, 0.29) is 5.91 Å². The lowest BCUT2D eigenvalue weighted by Gasteiger charge is -2.20. The van der Waals surface area contributed by atoms with Crippen molar-refractivity contribution in [2.24, 2.45) is 0 Å². The maximum atomic E-state index is 11.2. The Balaban J connectivity index is 2.25. The Bertz CT molecular complexity index is 148. The lowest BCUT2D eigenvalue weighted by atomic mass is 9.97. The standard InChI is InChI=1S/C11H21NO/c1-2-11(13)12-10-8-6-4-3-5-7-9-10/h10H,2-9H2,1H3,(H,12,13). The molecule has 1 saturated carbocycles. The van der Waals surface area contributed by atoms with Crippen LogP contribution in [0.1, 0.15) is 58.3 Å². The molecule has 76 valence electrons. The van der Waals surface area contributed by atoms with Gasteiger partial charge in [-0.05, 0) is 12.8 Å². The van der Waals surface area contributed by atoms with Crippen LogP contribution in [0.3, 0.4) is 0 Å². The van der Waals surface area contributed by atoms with Crippen molar-refractivity contribution in [3.05, 3.63) is 0 Å². The summed E-state index contributed by atoms with van der Waals surface area (Å²) in [5.41, 5.74) is 0. The first-order valence-electron chi connectivity index (χ1n) is 5.62. The lowest BCUT2D eigenvalue weighted by molar-refractivity contribution is -0.121. The summed E-state index contributed by atoms with van der Waals surface area (Å²) < 4.78 is 0. The predicted molar refractivity (Wildman–Crippen MR) is 54.5 cm³/mol. The van der Waals surface area contributed by atoms with Gasteiger partial charge in [-0.2, -0.15) is 0 Å². The van der Waals surface area contributed by atoms with Gasteiger partial charge in [0.1, 0.15) is 0 Å². The zero-order chi connectivity index (χ0) is 9.52. The van der Waals surface area contributed by atoms with Crippen LogP contribution in [0.25, 0.3) is 0 Å². The first kappa shape index (κ1) is 10.6. The van der Waals surface area contributed by atoms with E-state index in [1.54, 1.807) is 0 Å². The van der Waals surface area contributed by atoms with Crippen LogP contribution in [-0.2, 0) is 4.79 Å². The Morgan fingerprint density at radius 3 is 2.23 bits per heavy atom. The van der Waals surface area contributed by atoms with Crippen LogP contribution in [0, 0.1) is 0 Å². The van der Waals surface area contributed by atoms with Gasteiger partial charge in [0.15, 0.2) is 0 Å². The van der Waals surface area contributed by atoms with Crippen molar-refractivity contribution >= 4 is 5.91 Å². The number of hydrogen-bond acceptors (Lipinski definition) is 1. The molecule has 0 aromatic carbocycles. The molecule has 0 aromatic heterocycles. The summed E-state index contributed by atoms with van der Waals surface area (Å²) in [6, 6.07) is 0.466. The Morgan fingerprint density at radius 2 is 1.69 bits per heavy atom. The van der Waals surface area contributed by atoms with E-state index in [1.165, 1.54) is 44.9 Å². The monoisotopic (exact) mass is 183 g/mol. The minimum Gasteiger partial charge on any atom is -0.353 e. The van der Waals surface area contributed by atoms with Crippen LogP contribution in [0.2, 0.25) is 0 Å². The minimum atomic E-state index is 0.213. The second-order valence-corrected chi connectivity index (χ2v) is 3.96. The van der Waals surface area contributed by atoms with Crippen LogP contribution >= 0.6 is 0 Å². The number of nitrogens with one attached hydrogen (secondary N) is 1. The molecule has 13 heavy (non-hydrogen) atoms. The molecule has 1 aliphatic carbocycles. The summed E-state index contributed by atoms with van der Waals surface area (Å²) in [6.45, 7) is 1.91. The third kappa shape index (κ3) is 4.30. The molecular weight excluding hydrogens is 162 g/mol. The number of hydrogen-bond donors (Lipinski definition) is 1. The van der Waals surface area contributed by atoms with Gasteiger partial charge in [-0.25, -0.2) is 0 Å². The summed E-state index contributed by atoms with van der Waals surface area (Å²) >= 11 is 0. The average molecular weight is 183 g/mol. The highest BCUT2D eigenvalue weighted by Crippen LogP contribution is 2.16. The maximum absolute atomic E-state index is 11.2. The van der Waals surface area contributed by atoms with Crippen molar-refractivity contribution in [3.63, 3.8) is 0 Å². The molecule has 0 spiro atoms. The Kier molecular flexibility index (Phi) is 4.87. The van der Waals surface area contributed by atoms with Crippen molar-refractivity contribution in [3.8, 4) is 0 Å². The second-order valence-electron chi connectivity index (χ2n) is 3.96. The van der Waals surface area contributed by atoms with E-state index < -0.39 is 0 Å². The topological polar surface area (TPSA) is 29.1 Å². The summed E-state index contributed by atoms with van der Waals surface area (Å²) in [5.74, 6) is 0.213. The van der Waals surface area contributed by atoms with Crippen molar-refractivity contribution in [2.75, 3.05) is 0 Å². The molecule has 0 radical (unpaired) electrons. The number of carbonyl (C=O) groups excluding carboxylic acids is 1. The number of amides is 1. The van der Waals surface area contributed by atoms with Crippen molar-refractivity contribution in [2.45, 2.75) is 64.3 Å². The second kappa shape index (κ2) is 6.01. The molecule has 1 rings (SSSR count). The van der Waals surface area contributed by atoms with Crippen LogP contribution in [0.4, 0.5) is 0 Å². The van der Waals surface area contributed by atoms with Gasteiger partial charge >= 0.3 is 0 Å². The normalized spacial score (nSPS) is 20.4. The van der Waals surface area contributed by atoms with Gasteiger partial charge in [0.05, 0.1) is 0 Å². The van der Waals surface area contributed by atoms with Gasteiger partial charge in [-0.1, -0.05) is 39.0 Å². The molecule has 2 nitrogen and oxygen atoms in total. The lowest BCUT2D eigenvalue weighted by Crippen LogP contribution is -2.34. The SMILES string of the molecule is CCC(=O)NC1CCCCCCC1. The quantitative estimate of drug-likeness (QED) is 0.700. The van der Waals surface area contributed by atoms with E-state index in [4.69, 9.17) is 0 Å². The molecule has 1 fully saturated rings. The van der Waals surface area contributed by atoms with Crippen LogP contribution in [-0.4, -0.2) is 11.9 Å². The molecule has 0 heterocycles.